The van der Waals surface area contributed by atoms with Crippen molar-refractivity contribution in [1.29, 1.82) is 0 Å². The highest BCUT2D eigenvalue weighted by Gasteiger charge is 2.13. The van der Waals surface area contributed by atoms with E-state index in [1.165, 1.54) is 48.5 Å². The summed E-state index contributed by atoms with van der Waals surface area (Å²) in [6.07, 6.45) is 20.5. The molecule has 15 aromatic heterocycles. The molecule has 0 radical (unpaired) electrons. The molecule has 15 heterocycles. The number of benzene rings is 3. The van der Waals surface area contributed by atoms with Crippen LogP contribution >= 0.6 is 56.7 Å². The Balaban J connectivity index is 0.000000130. The van der Waals surface area contributed by atoms with Crippen molar-refractivity contribution in [3.8, 4) is 0 Å². The number of hydrogen-bond donors (Lipinski definition) is 2. The number of rotatable bonds is 9. The van der Waals surface area contributed by atoms with E-state index >= 15 is 0 Å². The number of aromatic amines is 2. The lowest BCUT2D eigenvalue weighted by Crippen LogP contribution is -1.88. The van der Waals surface area contributed by atoms with Gasteiger partial charge in [0.15, 0.2) is 11.3 Å². The molecule has 0 atom stereocenters. The smallest absolute Gasteiger partial charge is 0.170 e. The van der Waals surface area contributed by atoms with Gasteiger partial charge in [-0.2, -0.15) is 5.10 Å². The van der Waals surface area contributed by atoms with Crippen LogP contribution in [0.4, 0.5) is 0 Å². The maximum atomic E-state index is 4.53. The molecule has 0 aliphatic carbocycles. The predicted molar refractivity (Wildman–Crippen MR) is 456 cm³/mol. The standard InChI is InChI=1S/2C10H12N2.2C10H11NS.2C9H11N3.3C9H10N2S/c1-8(2)9-7-12-6-4-3-5-10(12)11-9;3*1-7(2)10-11-8-5-3-4-6-9(8)12-10;1-6(2)9-11-7-3-4-10-5-8(7)12-9;1-7(2)8-6-12-9(11-8)4-3-5-10-12;1-6(2)9-11-7-5-10-4-3-8(7)12-9;1-6(2)9-11-7-3-4-10-5-8(7)12-9;1-6(2)9-11-8-7(12-9)4-3-5-10-8/h3-8H,1-2H3;3-7H,1-2H3,(H,11,12);2*3-7H,1-2H3;3-6H,1-2H3,(H,11,12);3-7H,1-2H3;3*3-6H,1-2H3. The summed E-state index contributed by atoms with van der Waals surface area (Å²) >= 11 is 8.81. The van der Waals surface area contributed by atoms with E-state index in [-0.39, 0.29) is 0 Å². The minimum atomic E-state index is 0.442. The zero-order valence-electron chi connectivity index (χ0n) is 64.9. The second-order valence-corrected chi connectivity index (χ2v) is 33.7. The van der Waals surface area contributed by atoms with E-state index in [0.29, 0.717) is 53.3 Å². The van der Waals surface area contributed by atoms with Gasteiger partial charge in [0.25, 0.3) is 0 Å². The van der Waals surface area contributed by atoms with E-state index < -0.39 is 0 Å². The van der Waals surface area contributed by atoms with Gasteiger partial charge in [-0.15, -0.1) is 56.7 Å². The summed E-state index contributed by atoms with van der Waals surface area (Å²) in [7, 11) is 0. The molecular formula is C85H98N18S5. The van der Waals surface area contributed by atoms with Crippen LogP contribution in [0.2, 0.25) is 0 Å². The van der Waals surface area contributed by atoms with Crippen molar-refractivity contribution in [2.75, 3.05) is 0 Å². The number of para-hydroxylation sites is 4. The third kappa shape index (κ3) is 22.3. The number of fused-ring (bicyclic) bond motifs is 9. The zero-order valence-corrected chi connectivity index (χ0v) is 69.0. The maximum Gasteiger partial charge on any atom is 0.170 e. The van der Waals surface area contributed by atoms with E-state index in [2.05, 4.69) is 258 Å². The minimum absolute atomic E-state index is 0.442. The molecule has 108 heavy (non-hydrogen) atoms. The molecule has 18 rings (SSSR count). The molecule has 0 bridgehead atoms. The van der Waals surface area contributed by atoms with E-state index in [1.54, 1.807) is 92.2 Å². The molecule has 0 aliphatic rings. The molecule has 0 unspecified atom stereocenters. The number of thiazole rings is 5. The third-order valence-electron chi connectivity index (χ3n) is 16.3. The summed E-state index contributed by atoms with van der Waals surface area (Å²) in [5.41, 5.74) is 13.6. The number of nitrogens with one attached hydrogen (secondary N) is 2. The molecule has 0 saturated carbocycles. The lowest BCUT2D eigenvalue weighted by molar-refractivity contribution is 0.799. The topological polar surface area (TPSA) is 221 Å². The quantitative estimate of drug-likeness (QED) is 0.137. The van der Waals surface area contributed by atoms with Crippen LogP contribution in [0, 0.1) is 0 Å². The first-order valence-corrected chi connectivity index (χ1v) is 40.8. The van der Waals surface area contributed by atoms with Gasteiger partial charge in [-0.25, -0.2) is 54.4 Å². The Bertz CT molecular complexity index is 4330. The molecule has 0 saturated heterocycles. The molecule has 2 N–H and O–H groups in total. The Kier molecular flexibility index (Phi) is 28.8. The highest BCUT2D eigenvalue weighted by molar-refractivity contribution is 7.20. The van der Waals surface area contributed by atoms with Gasteiger partial charge < -0.3 is 14.4 Å². The van der Waals surface area contributed by atoms with Crippen LogP contribution in [0.5, 0.6) is 0 Å². The van der Waals surface area contributed by atoms with Crippen LogP contribution in [0.25, 0.3) is 84.6 Å². The van der Waals surface area contributed by atoms with Crippen LogP contribution in [-0.2, 0) is 0 Å². The zero-order chi connectivity index (χ0) is 77.0. The van der Waals surface area contributed by atoms with Crippen LogP contribution in [0.15, 0.2) is 202 Å². The van der Waals surface area contributed by atoms with Crippen molar-refractivity contribution in [2.45, 2.75) is 178 Å². The molecule has 3 aromatic carbocycles. The molecule has 0 fully saturated rings. The fourth-order valence-electron chi connectivity index (χ4n) is 10.2. The average Bonchev–Trinajstić information content (AvgIpc) is 1.77. The number of imidazole rings is 4. The van der Waals surface area contributed by atoms with Crippen molar-refractivity contribution in [2.24, 2.45) is 0 Å². The van der Waals surface area contributed by atoms with Crippen LogP contribution in [-0.4, -0.2) is 88.8 Å². The second kappa shape index (κ2) is 38.7. The van der Waals surface area contributed by atoms with Crippen LogP contribution in [0.3, 0.4) is 0 Å². The van der Waals surface area contributed by atoms with Crippen molar-refractivity contribution < 1.29 is 0 Å². The van der Waals surface area contributed by atoms with Crippen molar-refractivity contribution in [1.82, 2.24) is 88.8 Å². The van der Waals surface area contributed by atoms with E-state index in [4.69, 9.17) is 0 Å². The summed E-state index contributed by atoms with van der Waals surface area (Å²) < 4.78 is 10.0. The summed E-state index contributed by atoms with van der Waals surface area (Å²) in [6, 6.07) is 44.5. The SMILES string of the molecule is CC(C)c1cn2ccccc2n1.CC(C)c1cn2ncccc2n1.CC(C)c1nc2ccccc2[nH]1.CC(C)c1nc2ccccc2s1.CC(C)c1nc2ccccc2s1.CC(C)c1nc2ccncc2[nH]1.CC(C)c1nc2ccncc2s1.CC(C)c1nc2cnccc2s1.CC(C)c1nc2ncccc2s1. The van der Waals surface area contributed by atoms with Gasteiger partial charge in [-0.05, 0) is 103 Å². The number of hydrogen-bond acceptors (Lipinski definition) is 19. The van der Waals surface area contributed by atoms with E-state index in [0.717, 1.165) is 84.1 Å². The summed E-state index contributed by atoms with van der Waals surface area (Å²) in [6.45, 7) is 38.7. The number of aromatic nitrogens is 18. The van der Waals surface area contributed by atoms with Gasteiger partial charge in [0.05, 0.1) is 123 Å². The van der Waals surface area contributed by atoms with Crippen LogP contribution in [0.1, 0.15) is 226 Å². The maximum absolute atomic E-state index is 4.53. The molecule has 23 heteroatoms. The van der Waals surface area contributed by atoms with E-state index in [9.17, 15) is 0 Å². The Hall–Kier alpha value is -10.0. The highest BCUT2D eigenvalue weighted by atomic mass is 32.1. The molecule has 0 aliphatic heterocycles. The lowest BCUT2D eigenvalue weighted by atomic mass is 10.2. The van der Waals surface area contributed by atoms with E-state index in [1.807, 2.05) is 122 Å². The average molecular weight is 1530 g/mol. The summed E-state index contributed by atoms with van der Waals surface area (Å²) in [5, 5.41) is 10.2. The first kappa shape index (κ1) is 80.5. The number of H-pyrrole nitrogens is 2. The van der Waals surface area contributed by atoms with Gasteiger partial charge in [-0.1, -0.05) is 167 Å². The summed E-state index contributed by atoms with van der Waals surface area (Å²) in [5.74, 6) is 6.60. The fourth-order valence-corrected chi connectivity index (χ4v) is 14.9. The van der Waals surface area contributed by atoms with Crippen molar-refractivity contribution in [3.63, 3.8) is 0 Å². The van der Waals surface area contributed by atoms with Crippen molar-refractivity contribution in [3.05, 3.63) is 250 Å². The minimum Gasteiger partial charge on any atom is -0.342 e. The molecular weight excluding hydrogens is 1430 g/mol. The Labute approximate surface area is 652 Å². The Morgan fingerprint density at radius 3 is 1.24 bits per heavy atom. The largest absolute Gasteiger partial charge is 0.342 e. The normalized spacial score (nSPS) is 11.2. The van der Waals surface area contributed by atoms with Crippen LogP contribution < -0.4 is 0 Å². The van der Waals surface area contributed by atoms with Gasteiger partial charge >= 0.3 is 0 Å². The van der Waals surface area contributed by atoms with Gasteiger partial charge in [0, 0.05) is 91.0 Å². The Morgan fingerprint density at radius 2 is 0.722 bits per heavy atom. The van der Waals surface area contributed by atoms with Gasteiger partial charge in [0.1, 0.15) is 17.3 Å². The van der Waals surface area contributed by atoms with Gasteiger partial charge in [-0.3, -0.25) is 15.0 Å². The highest BCUT2D eigenvalue weighted by Crippen LogP contribution is 2.31. The number of pyridine rings is 5. The molecule has 0 amide bonds. The second-order valence-electron chi connectivity index (χ2n) is 28.4. The summed E-state index contributed by atoms with van der Waals surface area (Å²) in [4.78, 5) is 63.0. The molecule has 18 nitrogen and oxygen atoms in total. The predicted octanol–water partition coefficient (Wildman–Crippen LogP) is 24.4. The molecule has 18 aromatic rings. The lowest BCUT2D eigenvalue weighted by Gasteiger charge is -1.95. The molecule has 558 valence electrons. The number of nitrogens with zero attached hydrogens (tertiary/aromatic N) is 16. The monoisotopic (exact) mass is 1530 g/mol. The fraction of sp³-hybridized carbons (Fsp3) is 0.318. The Morgan fingerprint density at radius 1 is 0.296 bits per heavy atom. The third-order valence-corrected chi connectivity index (χ3v) is 22.9. The first-order chi connectivity index (χ1) is 51.9. The van der Waals surface area contributed by atoms with Crippen molar-refractivity contribution >= 4 is 141 Å². The van der Waals surface area contributed by atoms with Gasteiger partial charge in [0.2, 0.25) is 0 Å². The molecule has 0 spiro atoms. The first-order valence-electron chi connectivity index (χ1n) is 36.8.